The fourth-order valence-electron chi connectivity index (χ4n) is 1.72. The van der Waals surface area contributed by atoms with Crippen LogP contribution < -0.4 is 4.74 Å². The molecule has 0 aromatic heterocycles. The zero-order chi connectivity index (χ0) is 11.9. The summed E-state index contributed by atoms with van der Waals surface area (Å²) in [6.07, 6.45) is -1.30. The average molecular weight is 350 g/mol. The van der Waals surface area contributed by atoms with Gasteiger partial charge in [-0.05, 0) is 28.1 Å². The SMILES string of the molecule is CCC(=O)[C@H]1Oc2c(Br)cc(Br)cc2[C@H]1O. The third-order valence-corrected chi connectivity index (χ3v) is 3.60. The Labute approximate surface area is 110 Å². The van der Waals surface area contributed by atoms with Crippen molar-refractivity contribution in [1.29, 1.82) is 0 Å². The summed E-state index contributed by atoms with van der Waals surface area (Å²) in [5.74, 6) is 0.467. The van der Waals surface area contributed by atoms with Crippen LogP contribution in [0.5, 0.6) is 5.75 Å². The molecule has 1 aromatic rings. The Morgan fingerprint density at radius 3 is 2.81 bits per heavy atom. The maximum atomic E-state index is 11.6. The van der Waals surface area contributed by atoms with Crippen LogP contribution in [0.1, 0.15) is 25.0 Å². The normalized spacial score (nSPS) is 22.8. The Bertz CT molecular complexity index is 445. The fraction of sp³-hybridized carbons (Fsp3) is 0.364. The molecule has 0 spiro atoms. The second-order valence-corrected chi connectivity index (χ2v) is 5.38. The number of benzene rings is 1. The summed E-state index contributed by atoms with van der Waals surface area (Å²) >= 11 is 6.68. The highest BCUT2D eigenvalue weighted by atomic mass is 79.9. The summed E-state index contributed by atoms with van der Waals surface area (Å²) in [5.41, 5.74) is 0.646. The predicted molar refractivity (Wildman–Crippen MR) is 66.5 cm³/mol. The molecular weight excluding hydrogens is 340 g/mol. The molecule has 0 saturated carbocycles. The van der Waals surface area contributed by atoms with Gasteiger partial charge >= 0.3 is 0 Å². The van der Waals surface area contributed by atoms with Gasteiger partial charge < -0.3 is 9.84 Å². The molecule has 86 valence electrons. The molecule has 2 rings (SSSR count). The van der Waals surface area contributed by atoms with Crippen LogP contribution in [0.4, 0.5) is 0 Å². The van der Waals surface area contributed by atoms with E-state index in [9.17, 15) is 9.90 Å². The lowest BCUT2D eigenvalue weighted by atomic mass is 10.0. The van der Waals surface area contributed by atoms with Crippen LogP contribution in [0.3, 0.4) is 0 Å². The lowest BCUT2D eigenvalue weighted by molar-refractivity contribution is -0.128. The maximum Gasteiger partial charge on any atom is 0.187 e. The molecule has 0 bridgehead atoms. The lowest BCUT2D eigenvalue weighted by Gasteiger charge is -2.11. The van der Waals surface area contributed by atoms with Crippen molar-refractivity contribution >= 4 is 37.6 Å². The van der Waals surface area contributed by atoms with Gasteiger partial charge in [-0.2, -0.15) is 0 Å². The molecule has 5 heteroatoms. The van der Waals surface area contributed by atoms with Gasteiger partial charge in [0.1, 0.15) is 11.9 Å². The largest absolute Gasteiger partial charge is 0.478 e. The number of ether oxygens (including phenoxy) is 1. The zero-order valence-corrected chi connectivity index (χ0v) is 11.7. The fourth-order valence-corrected chi connectivity index (χ4v) is 3.07. The molecule has 0 saturated heterocycles. The Balaban J connectivity index is 2.42. The Kier molecular flexibility index (Phi) is 3.37. The highest BCUT2D eigenvalue weighted by Crippen LogP contribution is 2.43. The number of ketones is 1. The van der Waals surface area contributed by atoms with Crippen molar-refractivity contribution in [3.05, 3.63) is 26.6 Å². The van der Waals surface area contributed by atoms with Crippen molar-refractivity contribution in [2.75, 3.05) is 0 Å². The second-order valence-electron chi connectivity index (χ2n) is 3.61. The number of carbonyl (C=O) groups is 1. The Morgan fingerprint density at radius 1 is 1.50 bits per heavy atom. The molecule has 3 nitrogen and oxygen atoms in total. The molecule has 0 fully saturated rings. The lowest BCUT2D eigenvalue weighted by Crippen LogP contribution is -2.28. The van der Waals surface area contributed by atoms with E-state index in [1.165, 1.54) is 0 Å². The molecule has 1 heterocycles. The van der Waals surface area contributed by atoms with Crippen LogP contribution in [0.15, 0.2) is 21.1 Å². The first-order valence-corrected chi connectivity index (χ1v) is 6.49. The van der Waals surface area contributed by atoms with Gasteiger partial charge in [-0.25, -0.2) is 0 Å². The number of halogens is 2. The third kappa shape index (κ3) is 1.92. The van der Waals surface area contributed by atoms with Crippen LogP contribution in [0.25, 0.3) is 0 Å². The van der Waals surface area contributed by atoms with Gasteiger partial charge in [0.25, 0.3) is 0 Å². The summed E-state index contributed by atoms with van der Waals surface area (Å²) in [5, 5.41) is 10.0. The minimum Gasteiger partial charge on any atom is -0.478 e. The van der Waals surface area contributed by atoms with Crippen molar-refractivity contribution in [2.45, 2.75) is 25.6 Å². The van der Waals surface area contributed by atoms with E-state index >= 15 is 0 Å². The first-order chi connectivity index (χ1) is 7.54. The highest BCUT2D eigenvalue weighted by Gasteiger charge is 2.38. The minimum absolute atomic E-state index is 0.0910. The third-order valence-electron chi connectivity index (χ3n) is 2.55. The predicted octanol–water partition coefficient (Wildman–Crippen LogP) is 2.99. The van der Waals surface area contributed by atoms with E-state index < -0.39 is 12.2 Å². The number of carbonyl (C=O) groups excluding carboxylic acids is 1. The zero-order valence-electron chi connectivity index (χ0n) is 8.54. The number of hydrogen-bond acceptors (Lipinski definition) is 3. The van der Waals surface area contributed by atoms with Crippen LogP contribution in [0, 0.1) is 0 Å². The number of aliphatic hydroxyl groups excluding tert-OH is 1. The van der Waals surface area contributed by atoms with E-state index in [1.807, 2.05) is 6.07 Å². The number of fused-ring (bicyclic) bond motifs is 1. The van der Waals surface area contributed by atoms with E-state index in [2.05, 4.69) is 31.9 Å². The van der Waals surface area contributed by atoms with Crippen LogP contribution >= 0.6 is 31.9 Å². The number of hydrogen-bond donors (Lipinski definition) is 1. The van der Waals surface area contributed by atoms with Gasteiger partial charge in [0.2, 0.25) is 0 Å². The number of rotatable bonds is 2. The Morgan fingerprint density at radius 2 is 2.19 bits per heavy atom. The summed E-state index contributed by atoms with van der Waals surface area (Å²) in [4.78, 5) is 11.6. The van der Waals surface area contributed by atoms with Crippen molar-refractivity contribution < 1.29 is 14.6 Å². The molecule has 1 N–H and O–H groups in total. The molecule has 1 aliphatic heterocycles. The summed E-state index contributed by atoms with van der Waals surface area (Å²) < 4.78 is 7.07. The molecule has 0 amide bonds. The molecule has 16 heavy (non-hydrogen) atoms. The van der Waals surface area contributed by atoms with Crippen molar-refractivity contribution in [2.24, 2.45) is 0 Å². The molecule has 1 aromatic carbocycles. The average Bonchev–Trinajstić information content (AvgIpc) is 2.56. The van der Waals surface area contributed by atoms with Crippen LogP contribution in [0.2, 0.25) is 0 Å². The van der Waals surface area contributed by atoms with Crippen molar-refractivity contribution in [3.8, 4) is 5.75 Å². The Hall–Kier alpha value is -0.390. The number of Topliss-reactive ketones (excluding diaryl/α,β-unsaturated/α-hetero) is 1. The van der Waals surface area contributed by atoms with Gasteiger partial charge in [0.15, 0.2) is 11.9 Å². The molecule has 0 radical (unpaired) electrons. The first-order valence-electron chi connectivity index (χ1n) is 4.91. The van der Waals surface area contributed by atoms with Gasteiger partial charge in [0, 0.05) is 16.5 Å². The molecule has 0 unspecified atom stereocenters. The van der Waals surface area contributed by atoms with Gasteiger partial charge in [-0.15, -0.1) is 0 Å². The van der Waals surface area contributed by atoms with E-state index in [4.69, 9.17) is 4.74 Å². The smallest absolute Gasteiger partial charge is 0.187 e. The molecule has 1 aliphatic rings. The van der Waals surface area contributed by atoms with Crippen molar-refractivity contribution in [3.63, 3.8) is 0 Å². The highest BCUT2D eigenvalue weighted by molar-refractivity contribution is 9.11. The van der Waals surface area contributed by atoms with Gasteiger partial charge in [-0.1, -0.05) is 22.9 Å². The standard InChI is InChI=1S/C11H10Br2O3/c1-2-8(14)11-9(15)6-3-5(12)4-7(13)10(6)16-11/h3-4,9,11,15H,2H2,1H3/t9-,11-/m1/s1. The van der Waals surface area contributed by atoms with Crippen LogP contribution in [-0.4, -0.2) is 17.0 Å². The minimum atomic E-state index is -0.878. The van der Waals surface area contributed by atoms with E-state index in [-0.39, 0.29) is 5.78 Å². The monoisotopic (exact) mass is 348 g/mol. The first kappa shape index (κ1) is 12.1. The molecule has 2 atom stereocenters. The number of aliphatic hydroxyl groups is 1. The quantitative estimate of drug-likeness (QED) is 0.892. The second kappa shape index (κ2) is 4.47. The van der Waals surface area contributed by atoms with Crippen LogP contribution in [-0.2, 0) is 4.79 Å². The maximum absolute atomic E-state index is 11.6. The topological polar surface area (TPSA) is 46.5 Å². The molecule has 0 aliphatic carbocycles. The van der Waals surface area contributed by atoms with Crippen molar-refractivity contribution in [1.82, 2.24) is 0 Å². The summed E-state index contributed by atoms with van der Waals surface area (Å²) in [6, 6.07) is 3.60. The molecular formula is C11H10Br2O3. The van der Waals surface area contributed by atoms with Gasteiger partial charge in [0.05, 0.1) is 4.47 Å². The summed E-state index contributed by atoms with van der Waals surface area (Å²) in [7, 11) is 0. The van der Waals surface area contributed by atoms with E-state index in [0.717, 1.165) is 8.95 Å². The van der Waals surface area contributed by atoms with E-state index in [0.29, 0.717) is 17.7 Å². The van der Waals surface area contributed by atoms with Gasteiger partial charge in [-0.3, -0.25) is 4.79 Å². The summed E-state index contributed by atoms with van der Waals surface area (Å²) in [6.45, 7) is 1.76. The van der Waals surface area contributed by atoms with E-state index in [1.54, 1.807) is 13.0 Å².